The summed E-state index contributed by atoms with van der Waals surface area (Å²) in [7, 11) is 0. The third-order valence-corrected chi connectivity index (χ3v) is 4.69. The molecule has 1 aliphatic rings. The van der Waals surface area contributed by atoms with Crippen molar-refractivity contribution in [3.05, 3.63) is 89.7 Å². The highest BCUT2D eigenvalue weighted by atomic mass is 19.4. The van der Waals surface area contributed by atoms with Gasteiger partial charge >= 0.3 is 6.18 Å². The SMILES string of the molecule is FC(F)(F)c1cccc(-n2ccc(C3OCCN3Cc3ccccc3)c2)c1. The van der Waals surface area contributed by atoms with Gasteiger partial charge in [0.1, 0.15) is 6.23 Å². The van der Waals surface area contributed by atoms with Gasteiger partial charge in [-0.15, -0.1) is 0 Å². The Bertz CT molecular complexity index is 905. The molecule has 3 aromatic rings. The standard InChI is InChI=1S/C21H19F3N2O/c22-21(23,24)18-7-4-8-19(13-18)25-10-9-17(15-25)20-26(11-12-27-20)14-16-5-2-1-3-6-16/h1-10,13,15,20H,11-12,14H2. The largest absolute Gasteiger partial charge is 0.416 e. The lowest BCUT2D eigenvalue weighted by Crippen LogP contribution is -2.23. The van der Waals surface area contributed by atoms with Crippen LogP contribution in [0, 0.1) is 0 Å². The van der Waals surface area contributed by atoms with E-state index in [9.17, 15) is 13.2 Å². The Morgan fingerprint density at radius 1 is 1.00 bits per heavy atom. The van der Waals surface area contributed by atoms with Crippen LogP contribution in [0.15, 0.2) is 73.1 Å². The molecule has 1 aliphatic heterocycles. The first-order valence-corrected chi connectivity index (χ1v) is 8.76. The van der Waals surface area contributed by atoms with E-state index in [4.69, 9.17) is 4.74 Å². The highest BCUT2D eigenvalue weighted by molar-refractivity contribution is 5.38. The Balaban J connectivity index is 1.55. The van der Waals surface area contributed by atoms with E-state index >= 15 is 0 Å². The molecular formula is C21H19F3N2O. The van der Waals surface area contributed by atoms with Crippen molar-refractivity contribution in [3.8, 4) is 5.69 Å². The quantitative estimate of drug-likeness (QED) is 0.639. The minimum Gasteiger partial charge on any atom is -0.357 e. The lowest BCUT2D eigenvalue weighted by molar-refractivity contribution is -0.137. The van der Waals surface area contributed by atoms with Gasteiger partial charge in [-0.05, 0) is 29.8 Å². The van der Waals surface area contributed by atoms with Crippen LogP contribution in [0.25, 0.3) is 5.69 Å². The first-order valence-electron chi connectivity index (χ1n) is 8.76. The maximum absolute atomic E-state index is 13.0. The van der Waals surface area contributed by atoms with Gasteiger partial charge < -0.3 is 9.30 Å². The average molecular weight is 372 g/mol. The molecule has 0 spiro atoms. The molecule has 0 amide bonds. The second-order valence-electron chi connectivity index (χ2n) is 6.58. The number of ether oxygens (including phenoxy) is 1. The molecule has 1 atom stereocenters. The van der Waals surface area contributed by atoms with Crippen molar-refractivity contribution in [1.82, 2.24) is 9.47 Å². The summed E-state index contributed by atoms with van der Waals surface area (Å²) < 4.78 is 46.5. The second-order valence-corrected chi connectivity index (χ2v) is 6.58. The third-order valence-electron chi connectivity index (χ3n) is 4.69. The minimum absolute atomic E-state index is 0.197. The molecule has 1 fully saturated rings. The van der Waals surface area contributed by atoms with Crippen molar-refractivity contribution in [1.29, 1.82) is 0 Å². The molecule has 0 N–H and O–H groups in total. The zero-order chi connectivity index (χ0) is 18.9. The number of alkyl halides is 3. The number of halogens is 3. The van der Waals surface area contributed by atoms with Gasteiger partial charge in [0.2, 0.25) is 0 Å². The molecule has 1 unspecified atom stereocenters. The van der Waals surface area contributed by atoms with E-state index in [1.54, 1.807) is 16.8 Å². The van der Waals surface area contributed by atoms with E-state index < -0.39 is 11.7 Å². The Hall–Kier alpha value is -2.57. The average Bonchev–Trinajstić information content (AvgIpc) is 3.31. The van der Waals surface area contributed by atoms with Crippen LogP contribution in [-0.4, -0.2) is 22.6 Å². The molecule has 27 heavy (non-hydrogen) atoms. The summed E-state index contributed by atoms with van der Waals surface area (Å²) >= 11 is 0. The number of benzene rings is 2. The lowest BCUT2D eigenvalue weighted by atomic mass is 10.2. The summed E-state index contributed by atoms with van der Waals surface area (Å²) in [6.45, 7) is 2.21. The zero-order valence-electron chi connectivity index (χ0n) is 14.6. The van der Waals surface area contributed by atoms with E-state index in [0.717, 1.165) is 30.8 Å². The van der Waals surface area contributed by atoms with Gasteiger partial charge in [-0.2, -0.15) is 13.2 Å². The normalized spacial score (nSPS) is 18.1. The Morgan fingerprint density at radius 3 is 2.59 bits per heavy atom. The van der Waals surface area contributed by atoms with Crippen LogP contribution < -0.4 is 0 Å². The molecule has 2 heterocycles. The number of hydrogen-bond acceptors (Lipinski definition) is 2. The highest BCUT2D eigenvalue weighted by Crippen LogP contribution is 2.32. The molecule has 1 saturated heterocycles. The van der Waals surface area contributed by atoms with E-state index in [1.807, 2.05) is 30.5 Å². The van der Waals surface area contributed by atoms with Crippen molar-refractivity contribution in [3.63, 3.8) is 0 Å². The third kappa shape index (κ3) is 3.91. The topological polar surface area (TPSA) is 17.4 Å². The molecule has 0 saturated carbocycles. The first-order chi connectivity index (χ1) is 13.0. The molecule has 0 radical (unpaired) electrons. The summed E-state index contributed by atoms with van der Waals surface area (Å²) in [4.78, 5) is 2.22. The molecule has 0 aliphatic carbocycles. The molecule has 6 heteroatoms. The number of rotatable bonds is 4. The van der Waals surface area contributed by atoms with E-state index in [2.05, 4.69) is 17.0 Å². The molecule has 4 rings (SSSR count). The minimum atomic E-state index is -4.35. The van der Waals surface area contributed by atoms with E-state index in [1.165, 1.54) is 11.6 Å². The van der Waals surface area contributed by atoms with Gasteiger partial charge in [-0.25, -0.2) is 0 Å². The fourth-order valence-corrected chi connectivity index (χ4v) is 3.35. The fraction of sp³-hybridized carbons (Fsp3) is 0.238. The van der Waals surface area contributed by atoms with Crippen molar-refractivity contribution < 1.29 is 17.9 Å². The number of nitrogens with zero attached hydrogens (tertiary/aromatic N) is 2. The van der Waals surface area contributed by atoms with Crippen LogP contribution in [0.2, 0.25) is 0 Å². The van der Waals surface area contributed by atoms with Gasteiger partial charge in [0, 0.05) is 36.7 Å². The summed E-state index contributed by atoms with van der Waals surface area (Å²) in [6, 6.07) is 17.4. The predicted molar refractivity (Wildman–Crippen MR) is 96.3 cm³/mol. The van der Waals surface area contributed by atoms with Crippen molar-refractivity contribution >= 4 is 0 Å². The van der Waals surface area contributed by atoms with Crippen LogP contribution in [-0.2, 0) is 17.5 Å². The summed E-state index contributed by atoms with van der Waals surface area (Å²) in [5.41, 5.74) is 1.95. The van der Waals surface area contributed by atoms with Gasteiger partial charge in [0.25, 0.3) is 0 Å². The summed E-state index contributed by atoms with van der Waals surface area (Å²) in [5, 5.41) is 0. The van der Waals surface area contributed by atoms with Gasteiger partial charge in [-0.3, -0.25) is 4.90 Å². The highest BCUT2D eigenvalue weighted by Gasteiger charge is 2.31. The van der Waals surface area contributed by atoms with Crippen LogP contribution in [0.5, 0.6) is 0 Å². The van der Waals surface area contributed by atoms with Crippen LogP contribution >= 0.6 is 0 Å². The zero-order valence-corrected chi connectivity index (χ0v) is 14.6. The summed E-state index contributed by atoms with van der Waals surface area (Å²) in [5.74, 6) is 0. The van der Waals surface area contributed by atoms with Crippen LogP contribution in [0.4, 0.5) is 13.2 Å². The van der Waals surface area contributed by atoms with Crippen LogP contribution in [0.1, 0.15) is 22.9 Å². The lowest BCUT2D eigenvalue weighted by Gasteiger charge is -2.22. The molecule has 140 valence electrons. The molecule has 2 aromatic carbocycles. The van der Waals surface area contributed by atoms with Crippen LogP contribution in [0.3, 0.4) is 0 Å². The predicted octanol–water partition coefficient (Wildman–Crippen LogP) is 5.03. The second kappa shape index (κ2) is 7.21. The fourth-order valence-electron chi connectivity index (χ4n) is 3.35. The molecule has 0 bridgehead atoms. The van der Waals surface area contributed by atoms with Gasteiger partial charge in [-0.1, -0.05) is 36.4 Å². The first kappa shape index (κ1) is 17.8. The maximum atomic E-state index is 13.0. The Morgan fingerprint density at radius 2 is 1.81 bits per heavy atom. The molecule has 3 nitrogen and oxygen atoms in total. The van der Waals surface area contributed by atoms with E-state index in [-0.39, 0.29) is 6.23 Å². The number of aromatic nitrogens is 1. The monoisotopic (exact) mass is 372 g/mol. The van der Waals surface area contributed by atoms with E-state index in [0.29, 0.717) is 12.3 Å². The number of hydrogen-bond donors (Lipinski definition) is 0. The Labute approximate surface area is 155 Å². The van der Waals surface area contributed by atoms with Crippen molar-refractivity contribution in [2.24, 2.45) is 0 Å². The molecular weight excluding hydrogens is 353 g/mol. The van der Waals surface area contributed by atoms with Gasteiger partial charge in [0.05, 0.1) is 12.2 Å². The maximum Gasteiger partial charge on any atom is 0.416 e. The van der Waals surface area contributed by atoms with Gasteiger partial charge in [0.15, 0.2) is 0 Å². The summed E-state index contributed by atoms with van der Waals surface area (Å²) in [6.07, 6.45) is -0.943. The molecule has 1 aromatic heterocycles. The Kier molecular flexibility index (Phi) is 4.76. The smallest absolute Gasteiger partial charge is 0.357 e. The van der Waals surface area contributed by atoms with Crippen molar-refractivity contribution in [2.75, 3.05) is 13.2 Å². The van der Waals surface area contributed by atoms with Crippen molar-refractivity contribution in [2.45, 2.75) is 18.9 Å².